The molecular formula is C19H25NO3. The molecule has 0 fully saturated rings. The van der Waals surface area contributed by atoms with E-state index in [9.17, 15) is 5.11 Å². The number of phenolic OH excluding ortho intramolecular Hbond substituents is 1. The predicted octanol–water partition coefficient (Wildman–Crippen LogP) is 3.52. The van der Waals surface area contributed by atoms with Crippen LogP contribution in [0.4, 0.5) is 0 Å². The Labute approximate surface area is 138 Å². The van der Waals surface area contributed by atoms with Gasteiger partial charge in [0.15, 0.2) is 0 Å². The Kier molecular flexibility index (Phi) is 6.29. The molecule has 0 aliphatic carbocycles. The van der Waals surface area contributed by atoms with E-state index in [1.807, 2.05) is 30.3 Å². The molecule has 1 atom stereocenters. The minimum Gasteiger partial charge on any atom is -0.508 e. The molecule has 0 saturated heterocycles. The molecule has 4 heteroatoms. The van der Waals surface area contributed by atoms with Crippen LogP contribution in [0.3, 0.4) is 0 Å². The van der Waals surface area contributed by atoms with Crippen LogP contribution in [-0.2, 0) is 13.0 Å². The summed E-state index contributed by atoms with van der Waals surface area (Å²) in [6.07, 6.45) is 2.01. The standard InChI is InChI=1S/C19H25NO3/c1-14(4-5-15-6-9-17(21)10-7-15)20-13-16-8-11-18(22-2)12-19(16)23-3/h6-12,14,20-21H,4-5,13H2,1-3H3/t14-/m1/s1. The first-order valence-electron chi connectivity index (χ1n) is 7.84. The van der Waals surface area contributed by atoms with Gasteiger partial charge in [-0.15, -0.1) is 0 Å². The Balaban J connectivity index is 1.84. The van der Waals surface area contributed by atoms with Gasteiger partial charge in [0.2, 0.25) is 0 Å². The number of rotatable bonds is 8. The summed E-state index contributed by atoms with van der Waals surface area (Å²) >= 11 is 0. The maximum absolute atomic E-state index is 9.30. The molecule has 0 heterocycles. The summed E-state index contributed by atoms with van der Waals surface area (Å²) in [5, 5.41) is 12.8. The van der Waals surface area contributed by atoms with Gasteiger partial charge in [0.1, 0.15) is 17.2 Å². The SMILES string of the molecule is COc1ccc(CN[C@H](C)CCc2ccc(O)cc2)c(OC)c1. The third kappa shape index (κ3) is 5.18. The first kappa shape index (κ1) is 17.2. The van der Waals surface area contributed by atoms with Crippen LogP contribution in [0.1, 0.15) is 24.5 Å². The molecule has 2 aromatic rings. The zero-order valence-electron chi connectivity index (χ0n) is 14.0. The molecule has 4 nitrogen and oxygen atoms in total. The van der Waals surface area contributed by atoms with Gasteiger partial charge in [0.25, 0.3) is 0 Å². The molecule has 23 heavy (non-hydrogen) atoms. The predicted molar refractivity (Wildman–Crippen MR) is 92.3 cm³/mol. The number of aromatic hydroxyl groups is 1. The molecule has 2 N–H and O–H groups in total. The van der Waals surface area contributed by atoms with E-state index >= 15 is 0 Å². The lowest BCUT2D eigenvalue weighted by Crippen LogP contribution is -2.26. The molecular weight excluding hydrogens is 290 g/mol. The zero-order valence-corrected chi connectivity index (χ0v) is 14.0. The van der Waals surface area contributed by atoms with E-state index in [2.05, 4.69) is 12.2 Å². The molecule has 0 amide bonds. The van der Waals surface area contributed by atoms with Gasteiger partial charge in [-0.25, -0.2) is 0 Å². The van der Waals surface area contributed by atoms with Crippen molar-refractivity contribution in [3.63, 3.8) is 0 Å². The third-order valence-corrected chi connectivity index (χ3v) is 3.94. The Morgan fingerprint density at radius 2 is 1.78 bits per heavy atom. The molecule has 0 unspecified atom stereocenters. The number of methoxy groups -OCH3 is 2. The highest BCUT2D eigenvalue weighted by atomic mass is 16.5. The molecule has 0 saturated carbocycles. The normalized spacial score (nSPS) is 12.0. The van der Waals surface area contributed by atoms with Crippen molar-refractivity contribution in [1.29, 1.82) is 0 Å². The monoisotopic (exact) mass is 315 g/mol. The zero-order chi connectivity index (χ0) is 16.7. The summed E-state index contributed by atoms with van der Waals surface area (Å²) in [6, 6.07) is 13.7. The van der Waals surface area contributed by atoms with E-state index < -0.39 is 0 Å². The lowest BCUT2D eigenvalue weighted by molar-refractivity contribution is 0.388. The lowest BCUT2D eigenvalue weighted by atomic mass is 10.1. The van der Waals surface area contributed by atoms with E-state index in [0.717, 1.165) is 36.4 Å². The second-order valence-corrected chi connectivity index (χ2v) is 5.66. The van der Waals surface area contributed by atoms with Crippen molar-refractivity contribution >= 4 is 0 Å². The maximum Gasteiger partial charge on any atom is 0.127 e. The van der Waals surface area contributed by atoms with E-state index in [1.54, 1.807) is 26.4 Å². The van der Waals surface area contributed by atoms with Crippen molar-refractivity contribution in [3.05, 3.63) is 53.6 Å². The molecule has 0 spiro atoms. The van der Waals surface area contributed by atoms with Crippen molar-refractivity contribution < 1.29 is 14.6 Å². The van der Waals surface area contributed by atoms with Crippen LogP contribution in [0.5, 0.6) is 17.2 Å². The smallest absolute Gasteiger partial charge is 0.127 e. The molecule has 0 bridgehead atoms. The summed E-state index contributed by atoms with van der Waals surface area (Å²) in [5.74, 6) is 1.94. The van der Waals surface area contributed by atoms with E-state index in [-0.39, 0.29) is 0 Å². The first-order valence-corrected chi connectivity index (χ1v) is 7.84. The highest BCUT2D eigenvalue weighted by Gasteiger charge is 2.07. The molecule has 2 rings (SSSR count). The summed E-state index contributed by atoms with van der Waals surface area (Å²) in [4.78, 5) is 0. The second-order valence-electron chi connectivity index (χ2n) is 5.66. The molecule has 0 aliphatic heterocycles. The minimum atomic E-state index is 0.312. The molecule has 124 valence electrons. The Morgan fingerprint density at radius 3 is 2.43 bits per heavy atom. The van der Waals surface area contributed by atoms with Crippen molar-refractivity contribution in [2.24, 2.45) is 0 Å². The average molecular weight is 315 g/mol. The topological polar surface area (TPSA) is 50.7 Å². The fourth-order valence-electron chi connectivity index (χ4n) is 2.43. The highest BCUT2D eigenvalue weighted by molar-refractivity contribution is 5.40. The first-order chi connectivity index (χ1) is 11.1. The van der Waals surface area contributed by atoms with Crippen molar-refractivity contribution in [2.45, 2.75) is 32.4 Å². The van der Waals surface area contributed by atoms with Gasteiger partial charge in [-0.05, 0) is 43.5 Å². The van der Waals surface area contributed by atoms with Gasteiger partial charge in [-0.1, -0.05) is 18.2 Å². The summed E-state index contributed by atoms with van der Waals surface area (Å²) in [7, 11) is 3.32. The van der Waals surface area contributed by atoms with Gasteiger partial charge < -0.3 is 19.9 Å². The van der Waals surface area contributed by atoms with E-state index in [0.29, 0.717) is 11.8 Å². The Bertz CT molecular complexity index is 611. The Hall–Kier alpha value is -2.20. The number of nitrogens with one attached hydrogen (secondary N) is 1. The quantitative estimate of drug-likeness (QED) is 0.782. The average Bonchev–Trinajstić information content (AvgIpc) is 2.59. The molecule has 0 radical (unpaired) electrons. The highest BCUT2D eigenvalue weighted by Crippen LogP contribution is 2.24. The number of aryl methyl sites for hydroxylation is 1. The van der Waals surface area contributed by atoms with Crippen LogP contribution in [0.2, 0.25) is 0 Å². The minimum absolute atomic E-state index is 0.312. The number of phenols is 1. The molecule has 0 aromatic heterocycles. The summed E-state index contributed by atoms with van der Waals surface area (Å²) in [5.41, 5.74) is 2.35. The maximum atomic E-state index is 9.30. The van der Waals surface area contributed by atoms with E-state index in [4.69, 9.17) is 9.47 Å². The van der Waals surface area contributed by atoms with Gasteiger partial charge in [-0.3, -0.25) is 0 Å². The van der Waals surface area contributed by atoms with Gasteiger partial charge >= 0.3 is 0 Å². The number of ether oxygens (including phenoxy) is 2. The van der Waals surface area contributed by atoms with Crippen molar-refractivity contribution in [2.75, 3.05) is 14.2 Å². The van der Waals surface area contributed by atoms with Gasteiger partial charge in [-0.2, -0.15) is 0 Å². The summed E-state index contributed by atoms with van der Waals surface area (Å²) < 4.78 is 10.6. The van der Waals surface area contributed by atoms with Crippen LogP contribution in [0.25, 0.3) is 0 Å². The van der Waals surface area contributed by atoms with Crippen molar-refractivity contribution in [1.82, 2.24) is 5.32 Å². The molecule has 0 aliphatic rings. The van der Waals surface area contributed by atoms with Gasteiger partial charge in [0, 0.05) is 24.2 Å². The summed E-state index contributed by atoms with van der Waals surface area (Å²) in [6.45, 7) is 2.93. The third-order valence-electron chi connectivity index (χ3n) is 3.94. The van der Waals surface area contributed by atoms with Crippen LogP contribution < -0.4 is 14.8 Å². The van der Waals surface area contributed by atoms with Crippen molar-refractivity contribution in [3.8, 4) is 17.2 Å². The largest absolute Gasteiger partial charge is 0.508 e. The van der Waals surface area contributed by atoms with Crippen LogP contribution in [0.15, 0.2) is 42.5 Å². The fraction of sp³-hybridized carbons (Fsp3) is 0.368. The fourth-order valence-corrected chi connectivity index (χ4v) is 2.43. The number of hydrogen-bond donors (Lipinski definition) is 2. The number of hydrogen-bond acceptors (Lipinski definition) is 4. The van der Waals surface area contributed by atoms with Crippen LogP contribution >= 0.6 is 0 Å². The van der Waals surface area contributed by atoms with Crippen LogP contribution in [0, 0.1) is 0 Å². The second kappa shape index (κ2) is 8.44. The Morgan fingerprint density at radius 1 is 1.04 bits per heavy atom. The lowest BCUT2D eigenvalue weighted by Gasteiger charge is -2.16. The van der Waals surface area contributed by atoms with Crippen LogP contribution in [-0.4, -0.2) is 25.4 Å². The number of benzene rings is 2. The van der Waals surface area contributed by atoms with E-state index in [1.165, 1.54) is 5.56 Å². The molecule has 2 aromatic carbocycles. The van der Waals surface area contributed by atoms with Gasteiger partial charge in [0.05, 0.1) is 14.2 Å².